The SMILES string of the molecule is CC1=C(c2ccccc2)P2(=O)OCC1(C)C(c1ccccc1)=C2I. The lowest BCUT2D eigenvalue weighted by atomic mass is 9.73. The summed E-state index contributed by atoms with van der Waals surface area (Å²) in [6.45, 7) is 4.79. The third-order valence-electron chi connectivity index (χ3n) is 5.14. The van der Waals surface area contributed by atoms with Gasteiger partial charge >= 0.3 is 0 Å². The van der Waals surface area contributed by atoms with Gasteiger partial charge in [0.2, 0.25) is 0 Å². The average molecular weight is 448 g/mol. The molecular weight excluding hydrogens is 430 g/mol. The maximum atomic E-state index is 13.9. The van der Waals surface area contributed by atoms with E-state index >= 15 is 0 Å². The van der Waals surface area contributed by atoms with Crippen molar-refractivity contribution in [3.63, 3.8) is 0 Å². The minimum atomic E-state index is -3.03. The molecule has 0 spiro atoms. The topological polar surface area (TPSA) is 26.3 Å². The summed E-state index contributed by atoms with van der Waals surface area (Å²) < 4.78 is 20.8. The molecule has 5 rings (SSSR count). The van der Waals surface area contributed by atoms with Crippen molar-refractivity contribution < 1.29 is 9.09 Å². The molecule has 2 unspecified atom stereocenters. The van der Waals surface area contributed by atoms with Crippen molar-refractivity contribution in [1.82, 2.24) is 0 Å². The number of hydrogen-bond donors (Lipinski definition) is 0. The van der Waals surface area contributed by atoms with Crippen LogP contribution in [0, 0.1) is 5.41 Å². The van der Waals surface area contributed by atoms with Gasteiger partial charge in [0.25, 0.3) is 7.37 Å². The number of halogens is 1. The summed E-state index contributed by atoms with van der Waals surface area (Å²) in [5, 5.41) is 0.890. The van der Waals surface area contributed by atoms with Crippen LogP contribution in [0.25, 0.3) is 10.9 Å². The molecule has 0 saturated heterocycles. The zero-order valence-electron chi connectivity index (χ0n) is 13.6. The molecule has 3 aliphatic heterocycles. The maximum absolute atomic E-state index is 13.9. The van der Waals surface area contributed by atoms with E-state index in [4.69, 9.17) is 4.52 Å². The fourth-order valence-corrected chi connectivity index (χ4v) is 8.46. The van der Waals surface area contributed by atoms with E-state index in [1.165, 1.54) is 5.57 Å². The van der Waals surface area contributed by atoms with Crippen molar-refractivity contribution in [1.29, 1.82) is 0 Å². The van der Waals surface area contributed by atoms with Crippen LogP contribution in [0.1, 0.15) is 25.0 Å². The van der Waals surface area contributed by atoms with E-state index in [0.717, 1.165) is 25.3 Å². The summed E-state index contributed by atoms with van der Waals surface area (Å²) >= 11 is 2.25. The van der Waals surface area contributed by atoms with Crippen LogP contribution in [0.5, 0.6) is 0 Å². The van der Waals surface area contributed by atoms with Crippen molar-refractivity contribution in [2.75, 3.05) is 6.61 Å². The van der Waals surface area contributed by atoms with E-state index in [2.05, 4.69) is 48.6 Å². The van der Waals surface area contributed by atoms with Crippen LogP contribution in [-0.2, 0) is 9.09 Å². The van der Waals surface area contributed by atoms with E-state index in [9.17, 15) is 4.57 Å². The van der Waals surface area contributed by atoms with Gasteiger partial charge in [-0.1, -0.05) is 60.7 Å². The second-order valence-corrected chi connectivity index (χ2v) is 10.7. The van der Waals surface area contributed by atoms with E-state index < -0.39 is 7.37 Å². The Labute approximate surface area is 156 Å². The molecule has 0 N–H and O–H groups in total. The van der Waals surface area contributed by atoms with E-state index in [1.54, 1.807) is 0 Å². The molecule has 2 aromatic rings. The molecule has 0 radical (unpaired) electrons. The van der Waals surface area contributed by atoms with Gasteiger partial charge in [0.15, 0.2) is 0 Å². The predicted octanol–water partition coefficient (Wildman–Crippen LogP) is 6.55. The third kappa shape index (κ3) is 2.15. The highest BCUT2D eigenvalue weighted by molar-refractivity contribution is 14.1. The number of rotatable bonds is 2. The second-order valence-electron chi connectivity index (χ2n) is 6.53. The standard InChI is InChI=1S/C20H18IO2P/c1-14-18(16-11-7-4-8-12-16)24(22)19(21)17(20(14,2)13-23-24)15-9-5-3-6-10-15/h3-12H,13H2,1-2H3. The van der Waals surface area contributed by atoms with Crippen LogP contribution in [0.2, 0.25) is 0 Å². The predicted molar refractivity (Wildman–Crippen MR) is 108 cm³/mol. The molecule has 2 bridgehead atoms. The lowest BCUT2D eigenvalue weighted by molar-refractivity contribution is 0.235. The number of hydrogen-bond acceptors (Lipinski definition) is 2. The van der Waals surface area contributed by atoms with Gasteiger partial charge in [-0.3, -0.25) is 4.57 Å². The van der Waals surface area contributed by atoms with Gasteiger partial charge in [0, 0.05) is 10.7 Å². The van der Waals surface area contributed by atoms with E-state index in [0.29, 0.717) is 6.61 Å². The van der Waals surface area contributed by atoms with E-state index in [1.807, 2.05) is 48.5 Å². The Morgan fingerprint density at radius 3 is 2.12 bits per heavy atom. The zero-order valence-corrected chi connectivity index (χ0v) is 16.7. The fourth-order valence-electron chi connectivity index (χ4n) is 3.69. The zero-order chi connectivity index (χ0) is 16.9. The normalized spacial score (nSPS) is 29.3. The Morgan fingerprint density at radius 1 is 1.00 bits per heavy atom. The van der Waals surface area contributed by atoms with Gasteiger partial charge in [0.1, 0.15) is 0 Å². The first-order chi connectivity index (χ1) is 11.5. The summed E-state index contributed by atoms with van der Waals surface area (Å²) in [5.41, 5.74) is 4.22. The molecule has 122 valence electrons. The number of benzene rings is 2. The van der Waals surface area contributed by atoms with E-state index in [-0.39, 0.29) is 5.41 Å². The molecule has 0 amide bonds. The molecule has 0 saturated carbocycles. The van der Waals surface area contributed by atoms with Crippen LogP contribution >= 0.6 is 30.0 Å². The van der Waals surface area contributed by atoms with Crippen molar-refractivity contribution in [2.45, 2.75) is 13.8 Å². The molecule has 24 heavy (non-hydrogen) atoms. The molecule has 2 atom stereocenters. The van der Waals surface area contributed by atoms with Crippen LogP contribution < -0.4 is 0 Å². The molecule has 4 heteroatoms. The van der Waals surface area contributed by atoms with Crippen molar-refractivity contribution in [3.8, 4) is 0 Å². The molecule has 0 fully saturated rings. The monoisotopic (exact) mass is 448 g/mol. The minimum absolute atomic E-state index is 0.255. The molecule has 0 aliphatic carbocycles. The summed E-state index contributed by atoms with van der Waals surface area (Å²) in [7, 11) is -3.03. The van der Waals surface area contributed by atoms with Crippen molar-refractivity contribution >= 4 is 40.8 Å². The Bertz CT molecular complexity index is 915. The summed E-state index contributed by atoms with van der Waals surface area (Å²) in [6.07, 6.45) is 0. The van der Waals surface area contributed by atoms with Gasteiger partial charge in [-0.2, -0.15) is 0 Å². The van der Waals surface area contributed by atoms with Crippen molar-refractivity contribution in [3.05, 3.63) is 80.7 Å². The highest BCUT2D eigenvalue weighted by atomic mass is 127. The Balaban J connectivity index is 2.00. The maximum Gasteiger partial charge on any atom is 0.268 e. The quantitative estimate of drug-likeness (QED) is 0.385. The van der Waals surface area contributed by atoms with Crippen LogP contribution in [0.15, 0.2) is 69.6 Å². The average Bonchev–Trinajstić information content (AvgIpc) is 2.60. The Kier molecular flexibility index (Phi) is 3.87. The largest absolute Gasteiger partial charge is 0.320 e. The first-order valence-corrected chi connectivity index (χ1v) is 10.7. The van der Waals surface area contributed by atoms with Crippen LogP contribution in [-0.4, -0.2) is 6.61 Å². The molecule has 3 aliphatic rings. The van der Waals surface area contributed by atoms with Gasteiger partial charge in [-0.25, -0.2) is 0 Å². The lowest BCUT2D eigenvalue weighted by Gasteiger charge is -2.47. The van der Waals surface area contributed by atoms with Gasteiger partial charge in [-0.15, -0.1) is 0 Å². The van der Waals surface area contributed by atoms with Crippen molar-refractivity contribution in [2.24, 2.45) is 5.41 Å². The molecule has 3 heterocycles. The molecular formula is C20H18IO2P. The summed E-state index contributed by atoms with van der Waals surface area (Å²) in [5.74, 6) is 0. The third-order valence-corrected chi connectivity index (χ3v) is 10.00. The smallest absolute Gasteiger partial charge is 0.268 e. The van der Waals surface area contributed by atoms with Gasteiger partial charge in [-0.05, 0) is 58.7 Å². The highest BCUT2D eigenvalue weighted by Gasteiger charge is 2.54. The van der Waals surface area contributed by atoms with Gasteiger partial charge < -0.3 is 4.52 Å². The summed E-state index contributed by atoms with van der Waals surface area (Å²) in [6, 6.07) is 20.3. The summed E-state index contributed by atoms with van der Waals surface area (Å²) in [4.78, 5) is 0. The minimum Gasteiger partial charge on any atom is -0.320 e. The molecule has 2 nitrogen and oxygen atoms in total. The Hall–Kier alpha value is -1.16. The molecule has 2 aromatic carbocycles. The first kappa shape index (κ1) is 16.3. The van der Waals surface area contributed by atoms with Crippen LogP contribution in [0.3, 0.4) is 0 Å². The lowest BCUT2D eigenvalue weighted by Crippen LogP contribution is -2.34. The van der Waals surface area contributed by atoms with Crippen LogP contribution in [0.4, 0.5) is 0 Å². The van der Waals surface area contributed by atoms with Gasteiger partial charge in [0.05, 0.1) is 9.93 Å². The number of fused-ring (bicyclic) bond motifs is 1. The highest BCUT2D eigenvalue weighted by Crippen LogP contribution is 2.79. The Morgan fingerprint density at radius 2 is 1.54 bits per heavy atom. The first-order valence-electron chi connectivity index (χ1n) is 7.96. The fraction of sp³-hybridized carbons (Fsp3) is 0.200. The second kappa shape index (κ2) is 5.69. The molecule has 0 aromatic heterocycles.